The number of carbonyl (C=O) groups excluding carboxylic acids is 1. The number of hydrogen-bond acceptors (Lipinski definition) is 2. The Bertz CT molecular complexity index is 513. The van der Waals surface area contributed by atoms with Gasteiger partial charge in [-0.05, 0) is 32.8 Å². The first-order chi connectivity index (χ1) is 9.35. The van der Waals surface area contributed by atoms with E-state index in [1.54, 1.807) is 18.7 Å². The molecule has 1 fully saturated rings. The van der Waals surface area contributed by atoms with Crippen LogP contribution in [0.15, 0.2) is 18.2 Å². The summed E-state index contributed by atoms with van der Waals surface area (Å²) in [6, 6.07) is 3.60. The van der Waals surface area contributed by atoms with Crippen LogP contribution in [-0.4, -0.2) is 23.4 Å². The van der Waals surface area contributed by atoms with E-state index in [2.05, 4.69) is 0 Å². The highest BCUT2D eigenvalue weighted by Crippen LogP contribution is 2.32. The lowest BCUT2D eigenvalue weighted by Gasteiger charge is -2.31. The lowest BCUT2D eigenvalue weighted by atomic mass is 9.91. The molecule has 0 atom stereocenters. The molecule has 1 saturated carbocycles. The summed E-state index contributed by atoms with van der Waals surface area (Å²) in [7, 11) is 0. The second-order valence-electron chi connectivity index (χ2n) is 5.99. The number of carbonyl (C=O) groups is 1. The number of nitrogens with zero attached hydrogens (tertiary/aromatic N) is 1. The van der Waals surface area contributed by atoms with Crippen LogP contribution in [0.4, 0.5) is 8.78 Å². The molecule has 0 aromatic heterocycles. The van der Waals surface area contributed by atoms with Gasteiger partial charge in [-0.3, -0.25) is 4.79 Å². The Morgan fingerprint density at radius 3 is 2.55 bits per heavy atom. The molecule has 0 aliphatic heterocycles. The highest BCUT2D eigenvalue weighted by Gasteiger charge is 2.39. The quantitative estimate of drug-likeness (QED) is 0.901. The maximum absolute atomic E-state index is 13.7. The number of benzene rings is 1. The van der Waals surface area contributed by atoms with Crippen molar-refractivity contribution in [3.8, 4) is 0 Å². The fourth-order valence-electron chi connectivity index (χ4n) is 2.06. The number of rotatable bonds is 5. The first-order valence-corrected chi connectivity index (χ1v) is 6.80. The number of nitrogens with two attached hydrogens (primary N) is 1. The third-order valence-electron chi connectivity index (χ3n) is 3.69. The topological polar surface area (TPSA) is 46.3 Å². The van der Waals surface area contributed by atoms with Crippen LogP contribution in [0, 0.1) is 17.0 Å². The van der Waals surface area contributed by atoms with Gasteiger partial charge < -0.3 is 10.6 Å². The van der Waals surface area contributed by atoms with Crippen LogP contribution < -0.4 is 5.73 Å². The predicted molar refractivity (Wildman–Crippen MR) is 72.8 cm³/mol. The number of hydrogen-bond donors (Lipinski definition) is 1. The van der Waals surface area contributed by atoms with Gasteiger partial charge in [0.2, 0.25) is 5.91 Å². The van der Waals surface area contributed by atoms with Crippen molar-refractivity contribution in [1.82, 2.24) is 4.90 Å². The summed E-state index contributed by atoms with van der Waals surface area (Å²) in [5, 5.41) is 0. The van der Waals surface area contributed by atoms with E-state index in [1.807, 2.05) is 0 Å². The van der Waals surface area contributed by atoms with Gasteiger partial charge in [-0.1, -0.05) is 6.07 Å². The maximum atomic E-state index is 13.7. The van der Waals surface area contributed by atoms with Crippen molar-refractivity contribution in [3.05, 3.63) is 35.4 Å². The molecule has 1 amide bonds. The monoisotopic (exact) mass is 282 g/mol. The van der Waals surface area contributed by atoms with Crippen molar-refractivity contribution in [3.63, 3.8) is 0 Å². The summed E-state index contributed by atoms with van der Waals surface area (Å²) in [6.45, 7) is 3.97. The smallest absolute Gasteiger partial charge is 0.230 e. The van der Waals surface area contributed by atoms with E-state index in [1.165, 1.54) is 12.1 Å². The summed E-state index contributed by atoms with van der Waals surface area (Å²) in [5.74, 6) is -1.31. The van der Waals surface area contributed by atoms with Crippen LogP contribution in [0.3, 0.4) is 0 Å². The minimum atomic E-state index is -0.668. The van der Waals surface area contributed by atoms with Gasteiger partial charge in [-0.25, -0.2) is 8.78 Å². The van der Waals surface area contributed by atoms with Gasteiger partial charge >= 0.3 is 0 Å². The van der Waals surface area contributed by atoms with Gasteiger partial charge in [0, 0.05) is 30.8 Å². The Kier molecular flexibility index (Phi) is 4.09. The molecule has 5 heteroatoms. The minimum absolute atomic E-state index is 0.0776. The van der Waals surface area contributed by atoms with E-state index in [0.29, 0.717) is 5.56 Å². The standard InChI is InChI=1S/C15H20F2N2O/c1-15(2,9-18)14(20)19(12-5-6-12)8-10-3-4-11(16)7-13(10)17/h3-4,7,12H,5-6,8-9,18H2,1-2H3. The summed E-state index contributed by atoms with van der Waals surface area (Å²) in [4.78, 5) is 14.2. The van der Waals surface area contributed by atoms with Crippen molar-refractivity contribution < 1.29 is 13.6 Å². The molecule has 0 radical (unpaired) electrons. The Labute approximate surface area is 117 Å². The lowest BCUT2D eigenvalue weighted by Crippen LogP contribution is -2.45. The Morgan fingerprint density at radius 1 is 1.40 bits per heavy atom. The van der Waals surface area contributed by atoms with Crippen LogP contribution in [0.5, 0.6) is 0 Å². The zero-order valence-corrected chi connectivity index (χ0v) is 11.8. The first-order valence-electron chi connectivity index (χ1n) is 6.80. The molecule has 2 rings (SSSR count). The summed E-state index contributed by atoms with van der Waals surface area (Å²) in [5.41, 5.74) is 5.30. The molecule has 0 bridgehead atoms. The first kappa shape index (κ1) is 14.9. The van der Waals surface area contributed by atoms with Crippen LogP contribution in [0.1, 0.15) is 32.3 Å². The van der Waals surface area contributed by atoms with Gasteiger partial charge in [-0.15, -0.1) is 0 Å². The average Bonchev–Trinajstić information content (AvgIpc) is 3.21. The Morgan fingerprint density at radius 2 is 2.05 bits per heavy atom. The molecule has 0 unspecified atom stereocenters. The molecular formula is C15H20F2N2O. The van der Waals surface area contributed by atoms with Gasteiger partial charge in [0.1, 0.15) is 11.6 Å². The summed E-state index contributed by atoms with van der Waals surface area (Å²) in [6.07, 6.45) is 1.85. The fraction of sp³-hybridized carbons (Fsp3) is 0.533. The Balaban J connectivity index is 2.20. The van der Waals surface area contributed by atoms with E-state index < -0.39 is 17.0 Å². The molecule has 3 nitrogen and oxygen atoms in total. The van der Waals surface area contributed by atoms with E-state index in [9.17, 15) is 13.6 Å². The fourth-order valence-corrected chi connectivity index (χ4v) is 2.06. The maximum Gasteiger partial charge on any atom is 0.230 e. The largest absolute Gasteiger partial charge is 0.335 e. The third-order valence-corrected chi connectivity index (χ3v) is 3.69. The minimum Gasteiger partial charge on any atom is -0.335 e. The number of halogens is 2. The van der Waals surface area contributed by atoms with Gasteiger partial charge in [0.25, 0.3) is 0 Å². The normalized spacial score (nSPS) is 15.2. The molecule has 0 spiro atoms. The highest BCUT2D eigenvalue weighted by atomic mass is 19.1. The third kappa shape index (κ3) is 3.15. The van der Waals surface area contributed by atoms with Crippen molar-refractivity contribution >= 4 is 5.91 Å². The van der Waals surface area contributed by atoms with E-state index in [0.717, 1.165) is 18.9 Å². The summed E-state index contributed by atoms with van der Waals surface area (Å²) >= 11 is 0. The second-order valence-corrected chi connectivity index (χ2v) is 5.99. The molecule has 1 aliphatic carbocycles. The molecule has 0 heterocycles. The molecule has 1 aliphatic rings. The van der Waals surface area contributed by atoms with Crippen molar-refractivity contribution in [1.29, 1.82) is 0 Å². The molecule has 1 aromatic carbocycles. The van der Waals surface area contributed by atoms with E-state index in [4.69, 9.17) is 5.73 Å². The molecule has 110 valence electrons. The number of amides is 1. The average molecular weight is 282 g/mol. The molecule has 2 N–H and O–H groups in total. The van der Waals surface area contributed by atoms with Crippen LogP contribution >= 0.6 is 0 Å². The zero-order chi connectivity index (χ0) is 14.9. The van der Waals surface area contributed by atoms with E-state index in [-0.39, 0.29) is 25.0 Å². The van der Waals surface area contributed by atoms with Crippen LogP contribution in [-0.2, 0) is 11.3 Å². The van der Waals surface area contributed by atoms with E-state index >= 15 is 0 Å². The molecule has 20 heavy (non-hydrogen) atoms. The zero-order valence-electron chi connectivity index (χ0n) is 11.8. The van der Waals surface area contributed by atoms with Gasteiger partial charge in [0.15, 0.2) is 0 Å². The summed E-state index contributed by atoms with van der Waals surface area (Å²) < 4.78 is 26.7. The highest BCUT2D eigenvalue weighted by molar-refractivity contribution is 5.82. The van der Waals surface area contributed by atoms with Gasteiger partial charge in [0.05, 0.1) is 5.41 Å². The van der Waals surface area contributed by atoms with Crippen molar-refractivity contribution in [2.75, 3.05) is 6.54 Å². The van der Waals surface area contributed by atoms with Gasteiger partial charge in [-0.2, -0.15) is 0 Å². The molecule has 1 aromatic rings. The van der Waals surface area contributed by atoms with Crippen LogP contribution in [0.2, 0.25) is 0 Å². The Hall–Kier alpha value is -1.49. The van der Waals surface area contributed by atoms with Crippen LogP contribution in [0.25, 0.3) is 0 Å². The predicted octanol–water partition coefficient (Wildman–Crippen LogP) is 2.44. The molecule has 0 saturated heterocycles. The lowest BCUT2D eigenvalue weighted by molar-refractivity contribution is -0.141. The SMILES string of the molecule is CC(C)(CN)C(=O)N(Cc1ccc(F)cc1F)C1CC1. The molecular weight excluding hydrogens is 262 g/mol. The van der Waals surface area contributed by atoms with Crippen molar-refractivity contribution in [2.24, 2.45) is 11.1 Å². The van der Waals surface area contributed by atoms with Crippen molar-refractivity contribution in [2.45, 2.75) is 39.3 Å². The second kappa shape index (κ2) is 5.48.